The molecule has 0 aliphatic heterocycles. The standard InChI is InChI=1S/C16H29NSi/c1-15(2,3)13-12(18(7,8)9)10-11-17-14(13)16(4,5)6/h10-11H,1-9H3. The summed E-state index contributed by atoms with van der Waals surface area (Å²) in [5.41, 5.74) is 3.02. The van der Waals surface area contributed by atoms with Crippen LogP contribution in [-0.2, 0) is 10.8 Å². The van der Waals surface area contributed by atoms with Crippen LogP contribution in [-0.4, -0.2) is 13.1 Å². The molecule has 1 aromatic rings. The number of rotatable bonds is 1. The molecular formula is C16H29NSi. The van der Waals surface area contributed by atoms with Crippen molar-refractivity contribution in [3.8, 4) is 0 Å². The molecule has 18 heavy (non-hydrogen) atoms. The van der Waals surface area contributed by atoms with E-state index in [1.807, 2.05) is 6.20 Å². The minimum atomic E-state index is -1.34. The Hall–Kier alpha value is -0.633. The number of pyridine rings is 1. The molecule has 0 unspecified atom stereocenters. The van der Waals surface area contributed by atoms with Crippen LogP contribution in [0.25, 0.3) is 0 Å². The molecule has 1 aromatic heterocycles. The van der Waals surface area contributed by atoms with Crippen LogP contribution in [0.4, 0.5) is 0 Å². The van der Waals surface area contributed by atoms with E-state index in [0.717, 1.165) is 0 Å². The van der Waals surface area contributed by atoms with E-state index in [-0.39, 0.29) is 10.8 Å². The van der Waals surface area contributed by atoms with Crippen molar-refractivity contribution in [1.29, 1.82) is 0 Å². The smallest absolute Gasteiger partial charge is 0.0781 e. The fourth-order valence-corrected chi connectivity index (χ4v) is 4.23. The van der Waals surface area contributed by atoms with E-state index in [0.29, 0.717) is 0 Å². The van der Waals surface area contributed by atoms with Crippen molar-refractivity contribution < 1.29 is 0 Å². The number of hydrogen-bond acceptors (Lipinski definition) is 1. The fourth-order valence-electron chi connectivity index (χ4n) is 2.41. The minimum absolute atomic E-state index is 0.109. The molecule has 0 fully saturated rings. The summed E-state index contributed by atoms with van der Waals surface area (Å²) in [5, 5.41) is 1.56. The maximum atomic E-state index is 4.71. The third-order valence-electron chi connectivity index (χ3n) is 3.22. The summed E-state index contributed by atoms with van der Waals surface area (Å²) in [6.45, 7) is 21.0. The molecule has 0 atom stereocenters. The summed E-state index contributed by atoms with van der Waals surface area (Å²) >= 11 is 0. The van der Waals surface area contributed by atoms with Gasteiger partial charge in [-0.25, -0.2) is 0 Å². The predicted octanol–water partition coefficient (Wildman–Crippen LogP) is 4.22. The lowest BCUT2D eigenvalue weighted by Gasteiger charge is -2.34. The Balaban J connectivity index is 3.68. The zero-order chi connectivity index (χ0) is 14.4. The first-order valence-electron chi connectivity index (χ1n) is 6.85. The highest BCUT2D eigenvalue weighted by atomic mass is 28.3. The largest absolute Gasteiger partial charge is 0.260 e. The Kier molecular flexibility index (Phi) is 3.84. The van der Waals surface area contributed by atoms with Gasteiger partial charge in [-0.05, 0) is 17.0 Å². The lowest BCUT2D eigenvalue weighted by molar-refractivity contribution is 0.516. The molecular weight excluding hydrogens is 234 g/mol. The SMILES string of the molecule is CC(C)(C)c1nccc([Si](C)(C)C)c1C(C)(C)C. The summed E-state index contributed by atoms with van der Waals surface area (Å²) < 4.78 is 0. The Morgan fingerprint density at radius 1 is 0.889 bits per heavy atom. The van der Waals surface area contributed by atoms with Gasteiger partial charge in [-0.3, -0.25) is 4.98 Å². The van der Waals surface area contributed by atoms with Crippen molar-refractivity contribution in [3.63, 3.8) is 0 Å². The highest BCUT2D eigenvalue weighted by molar-refractivity contribution is 6.89. The topological polar surface area (TPSA) is 12.9 Å². The molecule has 0 aromatic carbocycles. The normalized spacial score (nSPS) is 13.8. The zero-order valence-electron chi connectivity index (χ0n) is 13.6. The number of nitrogens with zero attached hydrogens (tertiary/aromatic N) is 1. The maximum Gasteiger partial charge on any atom is 0.0781 e. The van der Waals surface area contributed by atoms with Crippen LogP contribution in [0.3, 0.4) is 0 Å². The van der Waals surface area contributed by atoms with Crippen LogP contribution in [0, 0.1) is 0 Å². The zero-order valence-corrected chi connectivity index (χ0v) is 14.6. The van der Waals surface area contributed by atoms with Crippen LogP contribution in [0.5, 0.6) is 0 Å². The monoisotopic (exact) mass is 263 g/mol. The van der Waals surface area contributed by atoms with Gasteiger partial charge >= 0.3 is 0 Å². The van der Waals surface area contributed by atoms with Crippen LogP contribution >= 0.6 is 0 Å². The highest BCUT2D eigenvalue weighted by Crippen LogP contribution is 2.32. The van der Waals surface area contributed by atoms with Gasteiger partial charge < -0.3 is 0 Å². The Labute approximate surface area is 114 Å². The van der Waals surface area contributed by atoms with Gasteiger partial charge in [0.25, 0.3) is 0 Å². The van der Waals surface area contributed by atoms with E-state index in [2.05, 4.69) is 67.2 Å². The minimum Gasteiger partial charge on any atom is -0.260 e. The Morgan fingerprint density at radius 3 is 1.72 bits per heavy atom. The molecule has 0 spiro atoms. The van der Waals surface area contributed by atoms with E-state index in [9.17, 15) is 0 Å². The van der Waals surface area contributed by atoms with E-state index in [1.54, 1.807) is 5.19 Å². The van der Waals surface area contributed by atoms with Crippen molar-refractivity contribution in [1.82, 2.24) is 4.98 Å². The van der Waals surface area contributed by atoms with Crippen molar-refractivity contribution in [2.24, 2.45) is 0 Å². The molecule has 1 heterocycles. The van der Waals surface area contributed by atoms with Crippen molar-refractivity contribution in [3.05, 3.63) is 23.5 Å². The third-order valence-corrected chi connectivity index (χ3v) is 5.25. The molecule has 0 saturated carbocycles. The predicted molar refractivity (Wildman–Crippen MR) is 84.6 cm³/mol. The van der Waals surface area contributed by atoms with Gasteiger partial charge in [-0.1, -0.05) is 66.4 Å². The van der Waals surface area contributed by atoms with E-state index in [1.165, 1.54) is 11.3 Å². The molecule has 1 rings (SSSR count). The summed E-state index contributed by atoms with van der Waals surface area (Å²) in [4.78, 5) is 4.71. The first kappa shape index (κ1) is 15.4. The molecule has 1 nitrogen and oxygen atoms in total. The van der Waals surface area contributed by atoms with Gasteiger partial charge in [-0.15, -0.1) is 0 Å². The van der Waals surface area contributed by atoms with Crippen LogP contribution < -0.4 is 5.19 Å². The van der Waals surface area contributed by atoms with Gasteiger partial charge in [-0.2, -0.15) is 0 Å². The molecule has 0 bridgehead atoms. The van der Waals surface area contributed by atoms with Gasteiger partial charge in [0.15, 0.2) is 0 Å². The van der Waals surface area contributed by atoms with Crippen molar-refractivity contribution in [2.45, 2.75) is 72.0 Å². The van der Waals surface area contributed by atoms with Crippen LogP contribution in [0.15, 0.2) is 12.3 Å². The molecule has 2 heteroatoms. The Bertz CT molecular complexity index is 396. The molecule has 0 aliphatic rings. The maximum absolute atomic E-state index is 4.71. The summed E-state index contributed by atoms with van der Waals surface area (Å²) in [5.74, 6) is 0. The van der Waals surface area contributed by atoms with Crippen LogP contribution in [0.1, 0.15) is 52.8 Å². The molecule has 0 amide bonds. The average Bonchev–Trinajstić information content (AvgIpc) is 2.12. The van der Waals surface area contributed by atoms with Gasteiger partial charge in [0.2, 0.25) is 0 Å². The lowest BCUT2D eigenvalue weighted by atomic mass is 9.78. The highest BCUT2D eigenvalue weighted by Gasteiger charge is 2.32. The van der Waals surface area contributed by atoms with E-state index < -0.39 is 8.07 Å². The second-order valence-electron chi connectivity index (χ2n) is 8.33. The number of aromatic nitrogens is 1. The first-order valence-corrected chi connectivity index (χ1v) is 10.4. The third kappa shape index (κ3) is 3.22. The second kappa shape index (κ2) is 4.48. The van der Waals surface area contributed by atoms with Crippen LogP contribution in [0.2, 0.25) is 19.6 Å². The number of hydrogen-bond donors (Lipinski definition) is 0. The summed E-state index contributed by atoms with van der Waals surface area (Å²) in [6.07, 6.45) is 2.00. The van der Waals surface area contributed by atoms with E-state index in [4.69, 9.17) is 4.98 Å². The quantitative estimate of drug-likeness (QED) is 0.691. The Morgan fingerprint density at radius 2 is 1.39 bits per heavy atom. The van der Waals surface area contributed by atoms with Gasteiger partial charge in [0.1, 0.15) is 0 Å². The van der Waals surface area contributed by atoms with Crippen molar-refractivity contribution in [2.75, 3.05) is 0 Å². The fraction of sp³-hybridized carbons (Fsp3) is 0.688. The molecule has 102 valence electrons. The van der Waals surface area contributed by atoms with Gasteiger partial charge in [0.05, 0.1) is 8.07 Å². The molecule has 0 N–H and O–H groups in total. The van der Waals surface area contributed by atoms with E-state index >= 15 is 0 Å². The summed E-state index contributed by atoms with van der Waals surface area (Å²) in [7, 11) is -1.34. The molecule has 0 aliphatic carbocycles. The molecule has 0 saturated heterocycles. The second-order valence-corrected chi connectivity index (χ2v) is 13.4. The van der Waals surface area contributed by atoms with Gasteiger partial charge in [0, 0.05) is 17.3 Å². The average molecular weight is 264 g/mol. The van der Waals surface area contributed by atoms with Crippen molar-refractivity contribution >= 4 is 13.3 Å². The first-order chi connectivity index (χ1) is 7.85. The lowest BCUT2D eigenvalue weighted by Crippen LogP contribution is -2.45. The summed E-state index contributed by atoms with van der Waals surface area (Å²) in [6, 6.07) is 2.25. The molecule has 0 radical (unpaired) electrons.